The van der Waals surface area contributed by atoms with Gasteiger partial charge in [0.2, 0.25) is 0 Å². The zero-order valence-corrected chi connectivity index (χ0v) is 8.72. The highest BCUT2D eigenvalue weighted by Gasteiger charge is 2.07. The Hall–Kier alpha value is -0.810. The van der Waals surface area contributed by atoms with Gasteiger partial charge < -0.3 is 0 Å². The molecule has 1 nitrogen and oxygen atoms in total. The minimum atomic E-state index is -0.0417. The molecule has 0 N–H and O–H groups in total. The molecule has 1 aromatic carbocycles. The van der Waals surface area contributed by atoms with Crippen molar-refractivity contribution in [2.45, 2.75) is 19.8 Å². The second-order valence-electron chi connectivity index (χ2n) is 2.88. The Morgan fingerprint density at radius 1 is 1.50 bits per heavy atom. The molecule has 0 amide bonds. The highest BCUT2D eigenvalue weighted by molar-refractivity contribution is 9.10. The number of aryl methyl sites for hydroxylation is 1. The Bertz CT molecular complexity index is 325. The number of hydrogen-bond donors (Lipinski definition) is 0. The van der Waals surface area contributed by atoms with Gasteiger partial charge in [0.25, 0.3) is 0 Å². The molecule has 0 aromatic heterocycles. The first-order valence-corrected chi connectivity index (χ1v) is 4.60. The number of rotatable bonds is 1. The van der Waals surface area contributed by atoms with Gasteiger partial charge in [-0.25, -0.2) is 0 Å². The first-order valence-electron chi connectivity index (χ1n) is 3.81. The zero-order chi connectivity index (χ0) is 9.14. The minimum absolute atomic E-state index is 0.0417. The second kappa shape index (κ2) is 3.73. The minimum Gasteiger partial charge on any atom is -0.198 e. The van der Waals surface area contributed by atoms with E-state index >= 15 is 0 Å². The lowest BCUT2D eigenvalue weighted by Gasteiger charge is -2.06. The van der Waals surface area contributed by atoms with Crippen molar-refractivity contribution in [2.75, 3.05) is 0 Å². The molecule has 12 heavy (non-hydrogen) atoms. The first kappa shape index (κ1) is 9.28. The van der Waals surface area contributed by atoms with E-state index in [4.69, 9.17) is 5.26 Å². The average Bonchev–Trinajstić information content (AvgIpc) is 2.03. The lowest BCUT2D eigenvalue weighted by molar-refractivity contribution is 0.972. The van der Waals surface area contributed by atoms with Gasteiger partial charge in [0.1, 0.15) is 0 Å². The SMILES string of the molecule is Cc1ccc(C(C)C#N)c(Br)c1. The highest BCUT2D eigenvalue weighted by Crippen LogP contribution is 2.25. The van der Waals surface area contributed by atoms with Crippen LogP contribution in [0.25, 0.3) is 0 Å². The van der Waals surface area contributed by atoms with Gasteiger partial charge >= 0.3 is 0 Å². The molecule has 0 saturated carbocycles. The molecule has 62 valence electrons. The molecule has 1 unspecified atom stereocenters. The molecular formula is C10H10BrN. The third-order valence-electron chi connectivity index (χ3n) is 1.82. The lowest BCUT2D eigenvalue weighted by atomic mass is 10.0. The summed E-state index contributed by atoms with van der Waals surface area (Å²) < 4.78 is 1.02. The normalized spacial score (nSPS) is 12.2. The Morgan fingerprint density at radius 2 is 2.17 bits per heavy atom. The van der Waals surface area contributed by atoms with E-state index in [9.17, 15) is 0 Å². The predicted octanol–water partition coefficient (Wildman–Crippen LogP) is 3.38. The number of benzene rings is 1. The fourth-order valence-corrected chi connectivity index (χ4v) is 1.89. The number of halogens is 1. The van der Waals surface area contributed by atoms with Crippen molar-refractivity contribution in [3.8, 4) is 6.07 Å². The van der Waals surface area contributed by atoms with Crippen LogP contribution in [0.4, 0.5) is 0 Å². The Balaban J connectivity index is 3.11. The maximum Gasteiger partial charge on any atom is 0.0701 e. The topological polar surface area (TPSA) is 23.8 Å². The van der Waals surface area contributed by atoms with E-state index in [1.54, 1.807) is 0 Å². The summed E-state index contributed by atoms with van der Waals surface area (Å²) in [4.78, 5) is 0. The molecule has 0 aliphatic rings. The van der Waals surface area contributed by atoms with Crippen molar-refractivity contribution in [3.05, 3.63) is 33.8 Å². The van der Waals surface area contributed by atoms with E-state index in [-0.39, 0.29) is 5.92 Å². The van der Waals surface area contributed by atoms with Crippen LogP contribution in [0.2, 0.25) is 0 Å². The van der Waals surface area contributed by atoms with E-state index in [0.29, 0.717) is 0 Å². The van der Waals surface area contributed by atoms with Crippen molar-refractivity contribution in [2.24, 2.45) is 0 Å². The van der Waals surface area contributed by atoms with Crippen LogP contribution in [-0.2, 0) is 0 Å². The third-order valence-corrected chi connectivity index (χ3v) is 2.50. The van der Waals surface area contributed by atoms with Gasteiger partial charge in [0, 0.05) is 4.47 Å². The second-order valence-corrected chi connectivity index (χ2v) is 3.73. The zero-order valence-electron chi connectivity index (χ0n) is 7.13. The maximum absolute atomic E-state index is 8.71. The molecule has 0 aliphatic carbocycles. The van der Waals surface area contributed by atoms with Crippen molar-refractivity contribution < 1.29 is 0 Å². The largest absolute Gasteiger partial charge is 0.198 e. The summed E-state index contributed by atoms with van der Waals surface area (Å²) in [6.45, 7) is 3.93. The van der Waals surface area contributed by atoms with Crippen LogP contribution in [0.3, 0.4) is 0 Å². The number of nitrogens with zero attached hydrogens (tertiary/aromatic N) is 1. The van der Waals surface area contributed by atoms with Gasteiger partial charge in [-0.3, -0.25) is 0 Å². The molecule has 0 fully saturated rings. The van der Waals surface area contributed by atoms with E-state index in [1.807, 2.05) is 32.0 Å². The summed E-state index contributed by atoms with van der Waals surface area (Å²) in [5, 5.41) is 8.71. The number of nitriles is 1. The van der Waals surface area contributed by atoms with E-state index in [1.165, 1.54) is 5.56 Å². The van der Waals surface area contributed by atoms with Gasteiger partial charge in [0.05, 0.1) is 12.0 Å². The third kappa shape index (κ3) is 1.86. The molecule has 2 heteroatoms. The average molecular weight is 224 g/mol. The molecule has 0 bridgehead atoms. The van der Waals surface area contributed by atoms with E-state index in [0.717, 1.165) is 10.0 Å². The maximum atomic E-state index is 8.71. The standard InChI is InChI=1S/C10H10BrN/c1-7-3-4-9(8(2)6-12)10(11)5-7/h3-5,8H,1-2H3. The molecular weight excluding hydrogens is 214 g/mol. The van der Waals surface area contributed by atoms with Crippen molar-refractivity contribution >= 4 is 15.9 Å². The smallest absolute Gasteiger partial charge is 0.0701 e. The van der Waals surface area contributed by atoms with Gasteiger partial charge in [-0.1, -0.05) is 28.1 Å². The van der Waals surface area contributed by atoms with Crippen LogP contribution in [0.1, 0.15) is 24.0 Å². The fourth-order valence-electron chi connectivity index (χ4n) is 1.05. The summed E-state index contributed by atoms with van der Waals surface area (Å²) in [7, 11) is 0. The van der Waals surface area contributed by atoms with Crippen LogP contribution in [-0.4, -0.2) is 0 Å². The van der Waals surface area contributed by atoms with Gasteiger partial charge in [-0.05, 0) is 31.0 Å². The van der Waals surface area contributed by atoms with Crippen molar-refractivity contribution in [1.29, 1.82) is 5.26 Å². The molecule has 1 atom stereocenters. The van der Waals surface area contributed by atoms with E-state index < -0.39 is 0 Å². The summed E-state index contributed by atoms with van der Waals surface area (Å²) in [6.07, 6.45) is 0. The van der Waals surface area contributed by atoms with Crippen molar-refractivity contribution in [1.82, 2.24) is 0 Å². The summed E-state index contributed by atoms with van der Waals surface area (Å²) in [5.41, 5.74) is 2.26. The van der Waals surface area contributed by atoms with Gasteiger partial charge in [-0.2, -0.15) is 5.26 Å². The number of hydrogen-bond acceptors (Lipinski definition) is 1. The van der Waals surface area contributed by atoms with Crippen LogP contribution >= 0.6 is 15.9 Å². The molecule has 0 spiro atoms. The molecule has 0 radical (unpaired) electrons. The quantitative estimate of drug-likeness (QED) is 0.717. The van der Waals surface area contributed by atoms with Crippen LogP contribution < -0.4 is 0 Å². The molecule has 0 aliphatic heterocycles. The fraction of sp³-hybridized carbons (Fsp3) is 0.300. The summed E-state index contributed by atoms with van der Waals surface area (Å²) in [6, 6.07) is 8.26. The van der Waals surface area contributed by atoms with Crippen LogP contribution in [0.15, 0.2) is 22.7 Å². The van der Waals surface area contributed by atoms with E-state index in [2.05, 4.69) is 22.0 Å². The predicted molar refractivity (Wildman–Crippen MR) is 52.9 cm³/mol. The Labute approximate surface area is 81.2 Å². The monoisotopic (exact) mass is 223 g/mol. The van der Waals surface area contributed by atoms with Crippen LogP contribution in [0, 0.1) is 18.3 Å². The Morgan fingerprint density at radius 3 is 2.67 bits per heavy atom. The molecule has 1 aromatic rings. The van der Waals surface area contributed by atoms with Gasteiger partial charge in [-0.15, -0.1) is 0 Å². The first-order chi connectivity index (χ1) is 5.65. The summed E-state index contributed by atoms with van der Waals surface area (Å²) in [5.74, 6) is -0.0417. The van der Waals surface area contributed by atoms with Crippen LogP contribution in [0.5, 0.6) is 0 Å². The molecule has 0 saturated heterocycles. The van der Waals surface area contributed by atoms with Crippen molar-refractivity contribution in [3.63, 3.8) is 0 Å². The molecule has 1 rings (SSSR count). The van der Waals surface area contributed by atoms with Gasteiger partial charge in [0.15, 0.2) is 0 Å². The highest BCUT2D eigenvalue weighted by atomic mass is 79.9. The lowest BCUT2D eigenvalue weighted by Crippen LogP contribution is -1.91. The Kier molecular flexibility index (Phi) is 2.88. The summed E-state index contributed by atoms with van der Waals surface area (Å²) >= 11 is 3.44. The molecule has 0 heterocycles.